The van der Waals surface area contributed by atoms with E-state index in [1.165, 1.54) is 330 Å². The Hall–Kier alpha value is -0.0900. The van der Waals surface area contributed by atoms with Gasteiger partial charge in [0.25, 0.3) is 0 Å². The highest BCUT2D eigenvalue weighted by molar-refractivity contribution is 7.45. The van der Waals surface area contributed by atoms with Gasteiger partial charge in [-0.2, -0.15) is 0 Å². The molecule has 0 aliphatic rings. The zero-order chi connectivity index (χ0) is 40.9. The van der Waals surface area contributed by atoms with E-state index in [-0.39, 0.29) is 0 Å². The molecule has 1 heteroatoms. The minimum absolute atomic E-state index is 1.28. The van der Waals surface area contributed by atoms with E-state index < -0.39 is 0 Å². The third kappa shape index (κ3) is 55.9. The monoisotopic (exact) mass is 814 g/mol. The van der Waals surface area contributed by atoms with Gasteiger partial charge in [0.1, 0.15) is 0 Å². The van der Waals surface area contributed by atoms with Gasteiger partial charge >= 0.3 is 0 Å². The predicted molar refractivity (Wildman–Crippen MR) is 267 cm³/mol. The van der Waals surface area contributed by atoms with Gasteiger partial charge in [-0.15, -0.1) is 0 Å². The van der Waals surface area contributed by atoms with E-state index >= 15 is 0 Å². The molecule has 0 aromatic rings. The van der Waals surface area contributed by atoms with Crippen LogP contribution < -0.4 is 0 Å². The van der Waals surface area contributed by atoms with Crippen molar-refractivity contribution in [3.63, 3.8) is 0 Å². The largest absolute Gasteiger partial charge is 0.0834 e. The second kappa shape index (κ2) is 55.9. The third-order valence-corrected chi connectivity index (χ3v) is 13.6. The lowest BCUT2D eigenvalue weighted by molar-refractivity contribution is 0.517. The summed E-state index contributed by atoms with van der Waals surface area (Å²) in [6.45, 7) is 4.62. The van der Waals surface area contributed by atoms with E-state index in [1.54, 1.807) is 0 Å². The molecule has 0 N–H and O–H groups in total. The molecule has 0 saturated carbocycles. The van der Waals surface area contributed by atoms with Crippen molar-refractivity contribution in [3.8, 4) is 0 Å². The Balaban J connectivity index is 3.14. The van der Waals surface area contributed by atoms with Crippen LogP contribution in [0.15, 0.2) is 23.8 Å². The number of hydrogen-bond donors (Lipinski definition) is 0. The first-order chi connectivity index (χ1) is 28.4. The van der Waals surface area contributed by atoms with Gasteiger partial charge in [-0.05, 0) is 34.3 Å². The molecule has 339 valence electrons. The summed E-state index contributed by atoms with van der Waals surface area (Å²) in [5.74, 6) is 4.74. The van der Waals surface area contributed by atoms with Crippen LogP contribution in [0.3, 0.4) is 0 Å². The first-order valence-electron chi connectivity index (χ1n) is 27.4. The van der Waals surface area contributed by atoms with E-state index in [9.17, 15) is 0 Å². The lowest BCUT2D eigenvalue weighted by Crippen LogP contribution is -1.84. The van der Waals surface area contributed by atoms with Crippen molar-refractivity contribution >= 4 is 8.58 Å². The van der Waals surface area contributed by atoms with Crippen molar-refractivity contribution in [2.45, 2.75) is 335 Å². The fraction of sp³-hybridized carbons (Fsp3) is 0.929. The summed E-state index contributed by atoms with van der Waals surface area (Å²) in [6.07, 6.45) is 77.9. The van der Waals surface area contributed by atoms with E-state index in [2.05, 4.69) is 37.6 Å². The molecule has 0 aliphatic carbocycles. The van der Waals surface area contributed by atoms with E-state index in [1.807, 2.05) is 0 Å². The van der Waals surface area contributed by atoms with Crippen LogP contribution in [0.5, 0.6) is 0 Å². The molecular weight excluding hydrogens is 704 g/mol. The average molecular weight is 814 g/mol. The summed E-state index contributed by atoms with van der Waals surface area (Å²) in [5.41, 5.74) is 0. The minimum atomic E-state index is 1.28. The smallest absolute Gasteiger partial charge is 0.0267 e. The summed E-state index contributed by atoms with van der Waals surface area (Å²) in [7, 11) is 1.38. The Morgan fingerprint density at radius 2 is 0.333 bits per heavy atom. The van der Waals surface area contributed by atoms with Crippen LogP contribution >= 0.6 is 8.58 Å². The first-order valence-corrected chi connectivity index (χ1v) is 28.4. The Labute approximate surface area is 365 Å². The zero-order valence-corrected chi connectivity index (χ0v) is 41.0. The van der Waals surface area contributed by atoms with Gasteiger partial charge in [-0.1, -0.05) is 333 Å². The molecule has 1 radical (unpaired) electrons. The van der Waals surface area contributed by atoms with Crippen molar-refractivity contribution in [1.29, 1.82) is 0 Å². The number of hydrogen-bond acceptors (Lipinski definition) is 0. The Kier molecular flexibility index (Phi) is 55.8. The fourth-order valence-corrected chi connectivity index (χ4v) is 9.41. The first kappa shape index (κ1) is 56.9. The molecule has 0 spiro atoms. The molecule has 0 heterocycles. The minimum Gasteiger partial charge on any atom is -0.0834 e. The molecule has 0 saturated heterocycles. The van der Waals surface area contributed by atoms with Crippen LogP contribution in [0.4, 0.5) is 0 Å². The van der Waals surface area contributed by atoms with Gasteiger partial charge in [0.05, 0.1) is 0 Å². The van der Waals surface area contributed by atoms with Crippen molar-refractivity contribution < 1.29 is 0 Å². The van der Waals surface area contributed by atoms with Crippen LogP contribution in [0.1, 0.15) is 335 Å². The summed E-state index contributed by atoms with van der Waals surface area (Å²) in [5, 5.41) is 0. The number of allylic oxidation sites excluding steroid dienone is 2. The quantitative estimate of drug-likeness (QED) is 0.0424. The average Bonchev–Trinajstić information content (AvgIpc) is 3.22. The SMILES string of the molecule is CCCCCCCCCCCCCCCCCCCCCCCCCCC=C[P]C=CCCCCCCCCCCCCCCCCCCCCCCCCCC. The summed E-state index contributed by atoms with van der Waals surface area (Å²) >= 11 is 0. The normalized spacial score (nSPS) is 12.2. The number of rotatable bonds is 52. The maximum absolute atomic E-state index is 2.42. The second-order valence-corrected chi connectivity index (χ2v) is 19.7. The topological polar surface area (TPSA) is 0 Å². The molecule has 0 aliphatic heterocycles. The van der Waals surface area contributed by atoms with Gasteiger partial charge in [0.2, 0.25) is 0 Å². The highest BCUT2D eigenvalue weighted by Gasteiger charge is 1.98. The summed E-state index contributed by atoms with van der Waals surface area (Å²) in [6, 6.07) is 0. The highest BCUT2D eigenvalue weighted by Crippen LogP contribution is 2.19. The van der Waals surface area contributed by atoms with Crippen LogP contribution in [0.2, 0.25) is 0 Å². The van der Waals surface area contributed by atoms with Crippen LogP contribution in [-0.4, -0.2) is 0 Å². The molecule has 0 atom stereocenters. The highest BCUT2D eigenvalue weighted by atomic mass is 31.1. The maximum Gasteiger partial charge on any atom is -0.0267 e. The van der Waals surface area contributed by atoms with E-state index in [0.717, 1.165) is 0 Å². The molecule has 0 aromatic carbocycles. The van der Waals surface area contributed by atoms with Crippen LogP contribution in [0, 0.1) is 0 Å². The second-order valence-electron chi connectivity index (χ2n) is 18.8. The van der Waals surface area contributed by atoms with Crippen molar-refractivity contribution in [2.24, 2.45) is 0 Å². The van der Waals surface area contributed by atoms with E-state index in [0.29, 0.717) is 0 Å². The fourth-order valence-electron chi connectivity index (χ4n) is 8.77. The third-order valence-electron chi connectivity index (χ3n) is 12.8. The van der Waals surface area contributed by atoms with Gasteiger partial charge < -0.3 is 0 Å². The number of unbranched alkanes of at least 4 members (excludes halogenated alkanes) is 48. The van der Waals surface area contributed by atoms with E-state index in [4.69, 9.17) is 0 Å². The molecule has 0 aromatic heterocycles. The molecule has 0 fully saturated rings. The van der Waals surface area contributed by atoms with Gasteiger partial charge in [0, 0.05) is 0 Å². The van der Waals surface area contributed by atoms with Gasteiger partial charge in [-0.25, -0.2) is 0 Å². The van der Waals surface area contributed by atoms with Crippen LogP contribution in [-0.2, 0) is 0 Å². The molecule has 0 nitrogen and oxygen atoms in total. The molecule has 0 amide bonds. The predicted octanol–water partition coefficient (Wildman–Crippen LogP) is 22.5. The van der Waals surface area contributed by atoms with Gasteiger partial charge in [-0.3, -0.25) is 0 Å². The Morgan fingerprint density at radius 3 is 0.491 bits per heavy atom. The van der Waals surface area contributed by atoms with Crippen molar-refractivity contribution in [3.05, 3.63) is 23.8 Å². The molecule has 0 bridgehead atoms. The maximum atomic E-state index is 2.42. The van der Waals surface area contributed by atoms with Crippen molar-refractivity contribution in [1.82, 2.24) is 0 Å². The Morgan fingerprint density at radius 1 is 0.193 bits per heavy atom. The molecule has 0 unspecified atom stereocenters. The lowest BCUT2D eigenvalue weighted by atomic mass is 10.0. The summed E-state index contributed by atoms with van der Waals surface area (Å²) < 4.78 is 0. The summed E-state index contributed by atoms with van der Waals surface area (Å²) in [4.78, 5) is 0. The molecular formula is C56H110P. The molecule has 0 rings (SSSR count). The van der Waals surface area contributed by atoms with Crippen LogP contribution in [0.25, 0.3) is 0 Å². The van der Waals surface area contributed by atoms with Crippen molar-refractivity contribution in [2.75, 3.05) is 0 Å². The standard InChI is InChI=1S/C56H110P/c1-3-5-7-9-11-13-15-17-19-21-23-25-27-29-31-33-35-37-39-41-43-45-47-49-51-53-55-57-56-54-52-50-48-46-44-42-40-38-36-34-32-30-28-26-24-22-20-18-16-14-12-10-8-6-4-2/h53-56H,3-52H2,1-2H3. The lowest BCUT2D eigenvalue weighted by Gasteiger charge is -2.04. The van der Waals surface area contributed by atoms with Gasteiger partial charge in [0.15, 0.2) is 0 Å². The molecule has 57 heavy (non-hydrogen) atoms. The zero-order valence-electron chi connectivity index (χ0n) is 40.1. The Bertz CT molecular complexity index is 663.